The van der Waals surface area contributed by atoms with Crippen LogP contribution >= 0.6 is 0 Å². The molecule has 1 unspecified atom stereocenters. The zero-order chi connectivity index (χ0) is 14.5. The van der Waals surface area contributed by atoms with Gasteiger partial charge < -0.3 is 4.90 Å². The van der Waals surface area contributed by atoms with Gasteiger partial charge in [0.1, 0.15) is 0 Å². The van der Waals surface area contributed by atoms with Gasteiger partial charge in [0.05, 0.1) is 0 Å². The first-order valence-corrected chi connectivity index (χ1v) is 7.38. The molecule has 1 nitrogen and oxygen atoms in total. The van der Waals surface area contributed by atoms with Gasteiger partial charge in [-0.05, 0) is 28.9 Å². The molecule has 106 valence electrons. The van der Waals surface area contributed by atoms with Crippen LogP contribution in [0.3, 0.4) is 0 Å². The zero-order valence-corrected chi connectivity index (χ0v) is 13.7. The monoisotopic (exact) mass is 259 g/mol. The Morgan fingerprint density at radius 3 is 2.16 bits per heavy atom. The first kappa shape index (κ1) is 14.4. The van der Waals surface area contributed by atoms with E-state index in [4.69, 9.17) is 0 Å². The second-order valence-electron chi connectivity index (χ2n) is 8.44. The summed E-state index contributed by atoms with van der Waals surface area (Å²) in [5.74, 6) is 0. The molecule has 2 rings (SSSR count). The van der Waals surface area contributed by atoms with Crippen molar-refractivity contribution >= 4 is 5.69 Å². The lowest BCUT2D eigenvalue weighted by molar-refractivity contribution is 0.131. The summed E-state index contributed by atoms with van der Waals surface area (Å²) in [7, 11) is 2.23. The van der Waals surface area contributed by atoms with E-state index in [0.717, 1.165) is 6.54 Å². The number of benzene rings is 1. The fourth-order valence-corrected chi connectivity index (χ4v) is 3.75. The quantitative estimate of drug-likeness (QED) is 0.696. The Morgan fingerprint density at radius 2 is 1.63 bits per heavy atom. The Bertz CT molecular complexity index is 461. The van der Waals surface area contributed by atoms with Crippen LogP contribution in [0.2, 0.25) is 0 Å². The minimum Gasteiger partial charge on any atom is -0.373 e. The average Bonchev–Trinajstić information content (AvgIpc) is 2.51. The topological polar surface area (TPSA) is 3.24 Å². The summed E-state index contributed by atoms with van der Waals surface area (Å²) < 4.78 is 0. The molecular formula is C18H29N. The molecule has 19 heavy (non-hydrogen) atoms. The van der Waals surface area contributed by atoms with Gasteiger partial charge in [-0.15, -0.1) is 0 Å². The number of likely N-dealkylation sites (N-methyl/N-ethyl adjacent to an activating group) is 1. The van der Waals surface area contributed by atoms with Crippen molar-refractivity contribution in [3.05, 3.63) is 29.8 Å². The number of anilines is 1. The van der Waals surface area contributed by atoms with Crippen LogP contribution in [0.25, 0.3) is 0 Å². The molecule has 0 N–H and O–H groups in total. The van der Waals surface area contributed by atoms with E-state index in [9.17, 15) is 0 Å². The van der Waals surface area contributed by atoms with Crippen molar-refractivity contribution < 1.29 is 0 Å². The molecule has 1 aromatic rings. The number of para-hydroxylation sites is 1. The molecule has 1 atom stereocenters. The third kappa shape index (κ3) is 2.40. The van der Waals surface area contributed by atoms with Crippen molar-refractivity contribution in [1.29, 1.82) is 0 Å². The SMILES string of the molecule is CN1CC(CC(C)(C)C)(C(C)(C)C)c2ccccc21. The predicted octanol–water partition coefficient (Wildman–Crippen LogP) is 4.86. The summed E-state index contributed by atoms with van der Waals surface area (Å²) in [6.45, 7) is 15.4. The Morgan fingerprint density at radius 1 is 1.05 bits per heavy atom. The lowest BCUT2D eigenvalue weighted by atomic mass is 9.58. The third-order valence-electron chi connectivity index (χ3n) is 4.61. The van der Waals surface area contributed by atoms with Crippen LogP contribution in [0.15, 0.2) is 24.3 Å². The number of nitrogens with zero attached hydrogens (tertiary/aromatic N) is 1. The van der Waals surface area contributed by atoms with Gasteiger partial charge >= 0.3 is 0 Å². The van der Waals surface area contributed by atoms with Crippen LogP contribution in [0.4, 0.5) is 5.69 Å². The predicted molar refractivity (Wildman–Crippen MR) is 84.9 cm³/mol. The molecule has 0 amide bonds. The van der Waals surface area contributed by atoms with Gasteiger partial charge in [0.25, 0.3) is 0 Å². The lowest BCUT2D eigenvalue weighted by Gasteiger charge is -2.46. The second kappa shape index (κ2) is 4.26. The average molecular weight is 259 g/mol. The maximum absolute atomic E-state index is 2.44. The second-order valence-corrected chi connectivity index (χ2v) is 8.44. The van der Waals surface area contributed by atoms with Gasteiger partial charge in [-0.3, -0.25) is 0 Å². The van der Waals surface area contributed by atoms with E-state index in [1.165, 1.54) is 12.1 Å². The molecule has 0 fully saturated rings. The number of hydrogen-bond donors (Lipinski definition) is 0. The zero-order valence-electron chi connectivity index (χ0n) is 13.7. The third-order valence-corrected chi connectivity index (χ3v) is 4.61. The van der Waals surface area contributed by atoms with E-state index in [0.29, 0.717) is 5.41 Å². The molecule has 1 aliphatic rings. The molecule has 0 bridgehead atoms. The standard InChI is InChI=1S/C18H29N/c1-16(2,3)12-18(17(4,5)6)13-19(7)15-11-9-8-10-14(15)18/h8-11H,12-13H2,1-7H3. The van der Waals surface area contributed by atoms with Crippen LogP contribution < -0.4 is 4.90 Å². The van der Waals surface area contributed by atoms with E-state index in [-0.39, 0.29) is 10.8 Å². The minimum absolute atomic E-state index is 0.247. The fraction of sp³-hybridized carbons (Fsp3) is 0.667. The van der Waals surface area contributed by atoms with Gasteiger partial charge in [0.15, 0.2) is 0 Å². The Hall–Kier alpha value is -0.980. The maximum Gasteiger partial charge on any atom is 0.0403 e. The highest BCUT2D eigenvalue weighted by Crippen LogP contribution is 2.55. The minimum atomic E-state index is 0.247. The molecule has 0 aliphatic carbocycles. The van der Waals surface area contributed by atoms with Crippen LogP contribution in [0.1, 0.15) is 53.5 Å². The Balaban J connectivity index is 2.59. The maximum atomic E-state index is 2.44. The number of fused-ring (bicyclic) bond motifs is 1. The fourth-order valence-electron chi connectivity index (χ4n) is 3.75. The molecule has 0 spiro atoms. The molecule has 0 saturated carbocycles. The smallest absolute Gasteiger partial charge is 0.0403 e. The summed E-state index contributed by atoms with van der Waals surface area (Å²) in [6, 6.07) is 8.97. The van der Waals surface area contributed by atoms with Gasteiger partial charge in [-0.1, -0.05) is 59.7 Å². The normalized spacial score (nSPS) is 23.6. The highest BCUT2D eigenvalue weighted by molar-refractivity contribution is 5.63. The van der Waals surface area contributed by atoms with Crippen molar-refractivity contribution in [3.8, 4) is 0 Å². The summed E-state index contributed by atoms with van der Waals surface area (Å²) >= 11 is 0. The van der Waals surface area contributed by atoms with Crippen LogP contribution in [-0.4, -0.2) is 13.6 Å². The lowest BCUT2D eigenvalue weighted by Crippen LogP contribution is -2.46. The molecule has 1 aromatic carbocycles. The van der Waals surface area contributed by atoms with Crippen LogP contribution in [0.5, 0.6) is 0 Å². The van der Waals surface area contributed by atoms with E-state index < -0.39 is 0 Å². The van der Waals surface area contributed by atoms with Crippen molar-refractivity contribution in [1.82, 2.24) is 0 Å². The summed E-state index contributed by atoms with van der Waals surface area (Å²) in [6.07, 6.45) is 1.23. The van der Waals surface area contributed by atoms with Gasteiger partial charge in [-0.25, -0.2) is 0 Å². The molecule has 0 aromatic heterocycles. The highest BCUT2D eigenvalue weighted by Gasteiger charge is 2.50. The Kier molecular flexibility index (Phi) is 3.24. The molecule has 1 aliphatic heterocycles. The molecule has 1 heteroatoms. The number of rotatable bonds is 1. The van der Waals surface area contributed by atoms with E-state index in [1.54, 1.807) is 5.56 Å². The summed E-state index contributed by atoms with van der Waals surface area (Å²) in [4.78, 5) is 2.44. The summed E-state index contributed by atoms with van der Waals surface area (Å²) in [5.41, 5.74) is 3.81. The highest BCUT2D eigenvalue weighted by atomic mass is 15.1. The first-order valence-electron chi connectivity index (χ1n) is 7.38. The van der Waals surface area contributed by atoms with Gasteiger partial charge in [-0.2, -0.15) is 0 Å². The summed E-state index contributed by atoms with van der Waals surface area (Å²) in [5, 5.41) is 0. The van der Waals surface area contributed by atoms with Gasteiger partial charge in [0.2, 0.25) is 0 Å². The van der Waals surface area contributed by atoms with E-state index in [1.807, 2.05) is 0 Å². The molecule has 0 radical (unpaired) electrons. The van der Waals surface area contributed by atoms with Gasteiger partial charge in [0, 0.05) is 24.7 Å². The van der Waals surface area contributed by atoms with Crippen molar-refractivity contribution in [2.24, 2.45) is 10.8 Å². The molecule has 0 saturated heterocycles. The Labute approximate surface area is 119 Å². The first-order chi connectivity index (χ1) is 8.57. The van der Waals surface area contributed by atoms with Crippen molar-refractivity contribution in [2.45, 2.75) is 53.4 Å². The largest absolute Gasteiger partial charge is 0.373 e. The van der Waals surface area contributed by atoms with E-state index >= 15 is 0 Å². The molecular weight excluding hydrogens is 230 g/mol. The number of hydrogen-bond acceptors (Lipinski definition) is 1. The van der Waals surface area contributed by atoms with Crippen molar-refractivity contribution in [2.75, 3.05) is 18.5 Å². The van der Waals surface area contributed by atoms with Crippen LogP contribution in [0, 0.1) is 10.8 Å². The van der Waals surface area contributed by atoms with Crippen molar-refractivity contribution in [3.63, 3.8) is 0 Å². The molecule has 1 heterocycles. The van der Waals surface area contributed by atoms with E-state index in [2.05, 4.69) is 77.8 Å². The van der Waals surface area contributed by atoms with Crippen LogP contribution in [-0.2, 0) is 5.41 Å².